The van der Waals surface area contributed by atoms with E-state index >= 15 is 0 Å². The van der Waals surface area contributed by atoms with E-state index in [0.29, 0.717) is 6.42 Å². The SMILES string of the molecule is CC[C@H](CNC(=O)c1cn[nH]n1)Oc1ccccc1F. The van der Waals surface area contributed by atoms with Crippen LogP contribution in [0.3, 0.4) is 0 Å². The van der Waals surface area contributed by atoms with Gasteiger partial charge in [0.2, 0.25) is 0 Å². The normalized spacial score (nSPS) is 11.9. The lowest BCUT2D eigenvalue weighted by atomic mass is 10.2. The maximum Gasteiger partial charge on any atom is 0.273 e. The number of carbonyl (C=O) groups is 1. The lowest BCUT2D eigenvalue weighted by Gasteiger charge is -2.18. The largest absolute Gasteiger partial charge is 0.486 e. The van der Waals surface area contributed by atoms with Crippen LogP contribution in [-0.2, 0) is 0 Å². The molecule has 1 heterocycles. The summed E-state index contributed by atoms with van der Waals surface area (Å²) in [6.07, 6.45) is 1.64. The van der Waals surface area contributed by atoms with E-state index in [1.807, 2.05) is 6.92 Å². The maximum absolute atomic E-state index is 13.5. The monoisotopic (exact) mass is 278 g/mol. The summed E-state index contributed by atoms with van der Waals surface area (Å²) in [5, 5.41) is 12.2. The highest BCUT2D eigenvalue weighted by Crippen LogP contribution is 2.17. The summed E-state index contributed by atoms with van der Waals surface area (Å²) in [4.78, 5) is 11.7. The topological polar surface area (TPSA) is 79.9 Å². The first-order chi connectivity index (χ1) is 9.70. The predicted octanol–water partition coefficient (Wildman–Crippen LogP) is 1.53. The Morgan fingerprint density at radius 2 is 2.30 bits per heavy atom. The number of nitrogens with zero attached hydrogens (tertiary/aromatic N) is 2. The number of aromatic amines is 1. The zero-order valence-corrected chi connectivity index (χ0v) is 11.0. The zero-order chi connectivity index (χ0) is 14.4. The number of halogens is 1. The highest BCUT2D eigenvalue weighted by molar-refractivity contribution is 5.91. The predicted molar refractivity (Wildman–Crippen MR) is 69.8 cm³/mol. The summed E-state index contributed by atoms with van der Waals surface area (Å²) in [7, 11) is 0. The quantitative estimate of drug-likeness (QED) is 0.839. The molecule has 1 aromatic heterocycles. The third kappa shape index (κ3) is 3.53. The first kappa shape index (κ1) is 14.0. The molecule has 0 spiro atoms. The third-order valence-electron chi connectivity index (χ3n) is 2.72. The minimum Gasteiger partial charge on any atom is -0.486 e. The van der Waals surface area contributed by atoms with E-state index in [-0.39, 0.29) is 30.0 Å². The van der Waals surface area contributed by atoms with Crippen LogP contribution in [0.2, 0.25) is 0 Å². The molecule has 0 unspecified atom stereocenters. The molecule has 0 saturated carbocycles. The number of ether oxygens (including phenoxy) is 1. The molecule has 0 aliphatic carbocycles. The molecule has 0 bridgehead atoms. The van der Waals surface area contributed by atoms with Gasteiger partial charge in [-0.1, -0.05) is 19.1 Å². The fourth-order valence-corrected chi connectivity index (χ4v) is 1.60. The fraction of sp³-hybridized carbons (Fsp3) is 0.308. The molecule has 1 aromatic carbocycles. The van der Waals surface area contributed by atoms with Gasteiger partial charge in [0.25, 0.3) is 5.91 Å². The number of hydrogen-bond donors (Lipinski definition) is 2. The number of amides is 1. The van der Waals surface area contributed by atoms with Crippen LogP contribution in [0.4, 0.5) is 4.39 Å². The van der Waals surface area contributed by atoms with Crippen LogP contribution in [0.5, 0.6) is 5.75 Å². The zero-order valence-electron chi connectivity index (χ0n) is 11.0. The summed E-state index contributed by atoms with van der Waals surface area (Å²) in [6.45, 7) is 2.16. The first-order valence-corrected chi connectivity index (χ1v) is 6.26. The second-order valence-corrected chi connectivity index (χ2v) is 4.14. The molecule has 2 aromatic rings. The molecule has 7 heteroatoms. The number of benzene rings is 1. The molecule has 1 atom stereocenters. The average molecular weight is 278 g/mol. The van der Waals surface area contributed by atoms with Crippen molar-refractivity contribution in [3.63, 3.8) is 0 Å². The molecule has 2 N–H and O–H groups in total. The Hall–Kier alpha value is -2.44. The van der Waals surface area contributed by atoms with Crippen LogP contribution >= 0.6 is 0 Å². The second kappa shape index (κ2) is 6.65. The molecule has 0 fully saturated rings. The molecule has 6 nitrogen and oxygen atoms in total. The molecule has 0 aliphatic rings. The molecule has 1 amide bonds. The van der Waals surface area contributed by atoms with Crippen molar-refractivity contribution in [2.45, 2.75) is 19.4 Å². The molecule has 0 radical (unpaired) electrons. The highest BCUT2D eigenvalue weighted by atomic mass is 19.1. The number of para-hydroxylation sites is 1. The smallest absolute Gasteiger partial charge is 0.273 e. The van der Waals surface area contributed by atoms with Gasteiger partial charge in [0, 0.05) is 0 Å². The van der Waals surface area contributed by atoms with Gasteiger partial charge >= 0.3 is 0 Å². The van der Waals surface area contributed by atoms with Gasteiger partial charge in [-0.3, -0.25) is 4.79 Å². The van der Waals surface area contributed by atoms with Crippen molar-refractivity contribution in [2.75, 3.05) is 6.54 Å². The Morgan fingerprint density at radius 3 is 2.95 bits per heavy atom. The number of carbonyl (C=O) groups excluding carboxylic acids is 1. The molecule has 0 saturated heterocycles. The average Bonchev–Trinajstić information content (AvgIpc) is 2.99. The molecular weight excluding hydrogens is 263 g/mol. The van der Waals surface area contributed by atoms with Gasteiger partial charge in [0.1, 0.15) is 6.10 Å². The van der Waals surface area contributed by atoms with Crippen LogP contribution < -0.4 is 10.1 Å². The van der Waals surface area contributed by atoms with Gasteiger partial charge in [-0.05, 0) is 18.6 Å². The summed E-state index contributed by atoms with van der Waals surface area (Å²) in [5.41, 5.74) is 0.200. The van der Waals surface area contributed by atoms with Gasteiger partial charge in [-0.15, -0.1) is 0 Å². The van der Waals surface area contributed by atoms with E-state index in [2.05, 4.69) is 20.7 Å². The van der Waals surface area contributed by atoms with Crippen molar-refractivity contribution in [3.05, 3.63) is 42.0 Å². The fourth-order valence-electron chi connectivity index (χ4n) is 1.60. The standard InChI is InChI=1S/C13H15FN4O2/c1-2-9(20-12-6-4-3-5-10(12)14)7-15-13(19)11-8-16-18-17-11/h3-6,8-9H,2,7H2,1H3,(H,15,19)(H,16,17,18)/t9-/m1/s1. The van der Waals surface area contributed by atoms with Crippen LogP contribution in [-0.4, -0.2) is 34.0 Å². The van der Waals surface area contributed by atoms with E-state index in [1.54, 1.807) is 18.2 Å². The number of rotatable bonds is 6. The van der Waals surface area contributed by atoms with Crippen LogP contribution in [0, 0.1) is 5.82 Å². The van der Waals surface area contributed by atoms with Crippen molar-refractivity contribution >= 4 is 5.91 Å². The summed E-state index contributed by atoms with van der Waals surface area (Å²) in [6, 6.07) is 6.17. The highest BCUT2D eigenvalue weighted by Gasteiger charge is 2.14. The van der Waals surface area contributed by atoms with E-state index in [4.69, 9.17) is 4.74 Å². The van der Waals surface area contributed by atoms with Gasteiger partial charge in [-0.2, -0.15) is 15.4 Å². The Morgan fingerprint density at radius 1 is 1.50 bits per heavy atom. The van der Waals surface area contributed by atoms with Gasteiger partial charge in [0.15, 0.2) is 17.3 Å². The van der Waals surface area contributed by atoms with Gasteiger partial charge in [0.05, 0.1) is 12.7 Å². The first-order valence-electron chi connectivity index (χ1n) is 6.26. The second-order valence-electron chi connectivity index (χ2n) is 4.14. The number of hydrogen-bond acceptors (Lipinski definition) is 4. The van der Waals surface area contributed by atoms with Crippen LogP contribution in [0.1, 0.15) is 23.8 Å². The van der Waals surface area contributed by atoms with Crippen molar-refractivity contribution in [3.8, 4) is 5.75 Å². The van der Waals surface area contributed by atoms with Crippen molar-refractivity contribution in [1.82, 2.24) is 20.7 Å². The Balaban J connectivity index is 1.90. The Kier molecular flexibility index (Phi) is 4.65. The van der Waals surface area contributed by atoms with Gasteiger partial charge in [-0.25, -0.2) is 4.39 Å². The lowest BCUT2D eigenvalue weighted by Crippen LogP contribution is -2.35. The molecule has 2 rings (SSSR count). The van der Waals surface area contributed by atoms with Crippen LogP contribution in [0.15, 0.2) is 30.5 Å². The third-order valence-corrected chi connectivity index (χ3v) is 2.72. The Bertz CT molecular complexity index is 559. The van der Waals surface area contributed by atoms with E-state index in [1.165, 1.54) is 12.3 Å². The summed E-state index contributed by atoms with van der Waals surface area (Å²) in [5.74, 6) is -0.599. The van der Waals surface area contributed by atoms with E-state index < -0.39 is 5.82 Å². The number of aromatic nitrogens is 3. The van der Waals surface area contributed by atoms with E-state index in [9.17, 15) is 9.18 Å². The molecular formula is C13H15FN4O2. The summed E-state index contributed by atoms with van der Waals surface area (Å²) >= 11 is 0. The minimum atomic E-state index is -0.422. The van der Waals surface area contributed by atoms with Gasteiger partial charge < -0.3 is 10.1 Å². The van der Waals surface area contributed by atoms with E-state index in [0.717, 1.165) is 0 Å². The van der Waals surface area contributed by atoms with Crippen molar-refractivity contribution < 1.29 is 13.9 Å². The number of nitrogens with one attached hydrogen (secondary N) is 2. The minimum absolute atomic E-state index is 0.176. The molecule has 0 aliphatic heterocycles. The van der Waals surface area contributed by atoms with Crippen molar-refractivity contribution in [2.24, 2.45) is 0 Å². The molecule has 20 heavy (non-hydrogen) atoms. The Labute approximate surface area is 115 Å². The molecule has 106 valence electrons. The lowest BCUT2D eigenvalue weighted by molar-refractivity contribution is 0.0919. The maximum atomic E-state index is 13.5. The summed E-state index contributed by atoms with van der Waals surface area (Å²) < 4.78 is 19.0. The number of H-pyrrole nitrogens is 1. The van der Waals surface area contributed by atoms with Crippen LogP contribution in [0.25, 0.3) is 0 Å². The van der Waals surface area contributed by atoms with Crippen molar-refractivity contribution in [1.29, 1.82) is 0 Å².